The molecule has 122 valence electrons. The Balaban J connectivity index is 2.19. The predicted molar refractivity (Wildman–Crippen MR) is 87.0 cm³/mol. The number of carbonyl (C=O) groups excluding carboxylic acids is 1. The van der Waals surface area contributed by atoms with Crippen LogP contribution in [-0.2, 0) is 4.74 Å². The fraction of sp³-hybridized carbons (Fsp3) is 0.588. The second-order valence-electron chi connectivity index (χ2n) is 7.43. The number of carbonyl (C=O) groups is 1. The molecule has 0 unspecified atom stereocenters. The van der Waals surface area contributed by atoms with Crippen LogP contribution >= 0.6 is 11.6 Å². The zero-order valence-electron chi connectivity index (χ0n) is 13.8. The van der Waals surface area contributed by atoms with Gasteiger partial charge in [0.1, 0.15) is 5.60 Å². The van der Waals surface area contributed by atoms with E-state index in [1.165, 1.54) is 0 Å². The van der Waals surface area contributed by atoms with Crippen LogP contribution < -0.4 is 0 Å². The highest BCUT2D eigenvalue weighted by atomic mass is 35.5. The Morgan fingerprint density at radius 2 is 2.09 bits per heavy atom. The second kappa shape index (κ2) is 5.74. The van der Waals surface area contributed by atoms with Crippen molar-refractivity contribution < 1.29 is 14.6 Å². The van der Waals surface area contributed by atoms with Gasteiger partial charge in [0.15, 0.2) is 0 Å². The Morgan fingerprint density at radius 1 is 1.45 bits per heavy atom. The van der Waals surface area contributed by atoms with Crippen molar-refractivity contribution in [2.24, 2.45) is 0 Å². The van der Waals surface area contributed by atoms with Crippen molar-refractivity contribution in [3.05, 3.63) is 34.9 Å². The Kier molecular flexibility index (Phi) is 4.46. The molecule has 1 aromatic carbocycles. The number of benzene rings is 1. The monoisotopic (exact) mass is 325 g/mol. The number of ether oxygens (including phenoxy) is 1. The second-order valence-corrected chi connectivity index (χ2v) is 7.87. The van der Waals surface area contributed by atoms with Gasteiger partial charge in [0.2, 0.25) is 0 Å². The van der Waals surface area contributed by atoms with Crippen molar-refractivity contribution in [2.45, 2.75) is 64.3 Å². The zero-order chi connectivity index (χ0) is 16.7. The Bertz CT molecular complexity index is 565. The van der Waals surface area contributed by atoms with Crippen molar-refractivity contribution >= 4 is 17.7 Å². The third kappa shape index (κ3) is 3.55. The first-order valence-corrected chi connectivity index (χ1v) is 7.85. The van der Waals surface area contributed by atoms with Crippen molar-refractivity contribution in [1.29, 1.82) is 0 Å². The van der Waals surface area contributed by atoms with Crippen molar-refractivity contribution in [1.82, 2.24) is 4.90 Å². The van der Waals surface area contributed by atoms with E-state index in [0.29, 0.717) is 17.0 Å². The maximum absolute atomic E-state index is 12.4. The summed E-state index contributed by atoms with van der Waals surface area (Å²) in [5.74, 6) is 0. The first-order valence-electron chi connectivity index (χ1n) is 7.47. The van der Waals surface area contributed by atoms with E-state index in [1.807, 2.05) is 40.7 Å². The summed E-state index contributed by atoms with van der Waals surface area (Å²) in [6.07, 6.45) is -0.464. The van der Waals surface area contributed by atoms with Gasteiger partial charge in [0, 0.05) is 10.6 Å². The molecule has 1 N–H and O–H groups in total. The first-order chi connectivity index (χ1) is 10.0. The number of aliphatic hydroxyl groups excluding tert-OH is 1. The van der Waals surface area contributed by atoms with Gasteiger partial charge in [-0.2, -0.15) is 0 Å². The predicted octanol–water partition coefficient (Wildman–Crippen LogP) is 4.16. The van der Waals surface area contributed by atoms with Gasteiger partial charge in [-0.15, -0.1) is 0 Å². The third-order valence-electron chi connectivity index (χ3n) is 3.84. The van der Waals surface area contributed by atoms with Gasteiger partial charge < -0.3 is 9.84 Å². The lowest BCUT2D eigenvalue weighted by Gasteiger charge is -2.56. The average Bonchev–Trinajstić information content (AvgIpc) is 2.33. The van der Waals surface area contributed by atoms with E-state index in [2.05, 4.69) is 0 Å². The number of aliphatic hydroxyl groups is 1. The van der Waals surface area contributed by atoms with Gasteiger partial charge in [-0.05, 0) is 58.7 Å². The van der Waals surface area contributed by atoms with Crippen molar-refractivity contribution in [2.75, 3.05) is 0 Å². The highest BCUT2D eigenvalue weighted by Gasteiger charge is 2.52. The molecule has 1 heterocycles. The molecule has 2 atom stereocenters. The van der Waals surface area contributed by atoms with Crippen molar-refractivity contribution in [3.63, 3.8) is 0 Å². The minimum Gasteiger partial charge on any atom is -0.444 e. The molecule has 0 saturated carbocycles. The smallest absolute Gasteiger partial charge is 0.411 e. The lowest BCUT2D eigenvalue weighted by atomic mass is 9.77. The minimum absolute atomic E-state index is 0.302. The number of nitrogens with zero attached hydrogens (tertiary/aromatic N) is 1. The van der Waals surface area contributed by atoms with E-state index in [-0.39, 0.29) is 11.6 Å². The zero-order valence-corrected chi connectivity index (χ0v) is 14.5. The van der Waals surface area contributed by atoms with Gasteiger partial charge in [-0.1, -0.05) is 23.7 Å². The van der Waals surface area contributed by atoms with Crippen LogP contribution in [-0.4, -0.2) is 33.3 Å². The normalized spacial score (nSPS) is 22.0. The van der Waals surface area contributed by atoms with Gasteiger partial charge in [-0.25, -0.2) is 4.79 Å². The fourth-order valence-electron chi connectivity index (χ4n) is 2.90. The fourth-order valence-corrected chi connectivity index (χ4v) is 3.10. The summed E-state index contributed by atoms with van der Waals surface area (Å²) in [6, 6.07) is 6.79. The molecule has 22 heavy (non-hydrogen) atoms. The van der Waals surface area contributed by atoms with E-state index in [4.69, 9.17) is 16.3 Å². The standard InChI is InChI=1S/C17H24ClNO3/c1-16(2,3)22-15(21)19-13(10-17(19,4)5)14(20)11-7-6-8-12(18)9-11/h6-9,13-14,20H,10H2,1-5H3/t13-,14-/m1/s1. The van der Waals surface area contributed by atoms with E-state index >= 15 is 0 Å². The summed E-state index contributed by atoms with van der Waals surface area (Å²) in [4.78, 5) is 14.1. The summed E-state index contributed by atoms with van der Waals surface area (Å²) >= 11 is 5.98. The molecule has 1 saturated heterocycles. The Labute approximate surface area is 137 Å². The lowest BCUT2D eigenvalue weighted by Crippen LogP contribution is -2.67. The molecule has 5 heteroatoms. The number of likely N-dealkylation sites (tertiary alicyclic amines) is 1. The molecule has 1 aliphatic heterocycles. The van der Waals surface area contributed by atoms with Crippen LogP contribution in [0.1, 0.15) is 52.7 Å². The van der Waals surface area contributed by atoms with Gasteiger partial charge in [-0.3, -0.25) is 4.90 Å². The van der Waals surface area contributed by atoms with Crippen molar-refractivity contribution in [3.8, 4) is 0 Å². The number of hydrogen-bond donors (Lipinski definition) is 1. The summed E-state index contributed by atoms with van der Waals surface area (Å²) in [5.41, 5.74) is -0.178. The molecule has 4 nitrogen and oxygen atoms in total. The molecule has 0 bridgehead atoms. The van der Waals surface area contributed by atoms with Crippen LogP contribution in [0.15, 0.2) is 24.3 Å². The first kappa shape index (κ1) is 17.1. The summed E-state index contributed by atoms with van der Waals surface area (Å²) in [5, 5.41) is 11.2. The third-order valence-corrected chi connectivity index (χ3v) is 4.07. The van der Waals surface area contributed by atoms with Crippen LogP contribution in [0.2, 0.25) is 5.02 Å². The van der Waals surface area contributed by atoms with E-state index in [1.54, 1.807) is 23.1 Å². The summed E-state index contributed by atoms with van der Waals surface area (Å²) < 4.78 is 5.47. The minimum atomic E-state index is -0.778. The molecule has 1 amide bonds. The molecule has 0 aromatic heterocycles. The van der Waals surface area contributed by atoms with Crippen LogP contribution in [0, 0.1) is 0 Å². The molecule has 1 aromatic rings. The SMILES string of the molecule is CC(C)(C)OC(=O)N1[C@@H]([C@H](O)c2cccc(Cl)c2)CC1(C)C. The number of halogens is 1. The molecule has 0 spiro atoms. The quantitative estimate of drug-likeness (QED) is 0.888. The van der Waals surface area contributed by atoms with Crippen LogP contribution in [0.4, 0.5) is 4.79 Å². The molecular formula is C17H24ClNO3. The molecular weight excluding hydrogens is 302 g/mol. The largest absolute Gasteiger partial charge is 0.444 e. The van der Waals surface area contributed by atoms with E-state index < -0.39 is 17.8 Å². The van der Waals surface area contributed by atoms with Crippen LogP contribution in [0.25, 0.3) is 0 Å². The number of amides is 1. The van der Waals surface area contributed by atoms with Gasteiger partial charge in [0.05, 0.1) is 12.1 Å². The van der Waals surface area contributed by atoms with Crippen LogP contribution in [0.3, 0.4) is 0 Å². The Morgan fingerprint density at radius 3 is 2.59 bits per heavy atom. The topological polar surface area (TPSA) is 49.8 Å². The highest BCUT2D eigenvalue weighted by Crippen LogP contribution is 2.43. The summed E-state index contributed by atoms with van der Waals surface area (Å²) in [6.45, 7) is 9.44. The molecule has 1 fully saturated rings. The highest BCUT2D eigenvalue weighted by molar-refractivity contribution is 6.30. The summed E-state index contributed by atoms with van der Waals surface area (Å²) in [7, 11) is 0. The van der Waals surface area contributed by atoms with Gasteiger partial charge >= 0.3 is 6.09 Å². The molecule has 0 radical (unpaired) electrons. The van der Waals surface area contributed by atoms with Crippen LogP contribution in [0.5, 0.6) is 0 Å². The maximum Gasteiger partial charge on any atom is 0.411 e. The number of rotatable bonds is 2. The maximum atomic E-state index is 12.4. The van der Waals surface area contributed by atoms with E-state index in [9.17, 15) is 9.90 Å². The Hall–Kier alpha value is -1.26. The molecule has 0 aliphatic carbocycles. The number of hydrogen-bond acceptors (Lipinski definition) is 3. The average molecular weight is 326 g/mol. The molecule has 1 aliphatic rings. The molecule has 2 rings (SSSR count). The van der Waals surface area contributed by atoms with Gasteiger partial charge in [0.25, 0.3) is 0 Å². The van der Waals surface area contributed by atoms with E-state index in [0.717, 1.165) is 0 Å². The lowest BCUT2D eigenvalue weighted by molar-refractivity contribution is -0.105.